The third-order valence-electron chi connectivity index (χ3n) is 7.72. The number of benzene rings is 6. The van der Waals surface area contributed by atoms with Crippen molar-refractivity contribution in [3.05, 3.63) is 133 Å². The van der Waals surface area contributed by atoms with Crippen molar-refractivity contribution in [3.63, 3.8) is 0 Å². The number of hydrogen-bond acceptors (Lipinski definition) is 1. The Morgan fingerprint density at radius 3 is 1.76 bits per heavy atom. The van der Waals surface area contributed by atoms with Gasteiger partial charge in [0.2, 0.25) is 0 Å². The Labute approximate surface area is 226 Å². The Morgan fingerprint density at radius 1 is 0.421 bits per heavy atom. The number of nitrogens with one attached hydrogen (secondary N) is 1. The molecule has 2 heteroatoms. The molecule has 184 valence electrons. The van der Waals surface area contributed by atoms with Crippen molar-refractivity contribution >= 4 is 32.2 Å². The second kappa shape index (κ2) is 8.93. The van der Waals surface area contributed by atoms with E-state index in [0.717, 1.165) is 11.4 Å². The molecule has 0 bridgehead atoms. The molecule has 0 radical (unpaired) electrons. The summed E-state index contributed by atoms with van der Waals surface area (Å²) in [6.07, 6.45) is 4.85. The predicted molar refractivity (Wildman–Crippen MR) is 166 cm³/mol. The van der Waals surface area contributed by atoms with Crippen molar-refractivity contribution < 1.29 is 0 Å². The third-order valence-corrected chi connectivity index (χ3v) is 10.6. The van der Waals surface area contributed by atoms with Gasteiger partial charge in [-0.2, -0.15) is 10.0 Å². The molecular formula is C36H29NS. The Bertz CT molecular complexity index is 1800. The Morgan fingerprint density at radius 2 is 0.974 bits per heavy atom. The molecule has 0 unspecified atom stereocenters. The van der Waals surface area contributed by atoms with Crippen molar-refractivity contribution in [2.24, 2.45) is 0 Å². The molecule has 0 fully saturated rings. The van der Waals surface area contributed by atoms with Crippen LogP contribution in [-0.2, 0) is 0 Å². The molecule has 1 aliphatic rings. The van der Waals surface area contributed by atoms with E-state index >= 15 is 0 Å². The van der Waals surface area contributed by atoms with Gasteiger partial charge in [-0.1, -0.05) is 97.1 Å². The number of anilines is 2. The van der Waals surface area contributed by atoms with Gasteiger partial charge in [-0.25, -0.2) is 0 Å². The van der Waals surface area contributed by atoms with Crippen LogP contribution in [0.15, 0.2) is 143 Å². The normalized spacial score (nSPS) is 14.1. The molecule has 0 saturated heterocycles. The van der Waals surface area contributed by atoms with E-state index in [4.69, 9.17) is 0 Å². The first-order valence-corrected chi connectivity index (χ1v) is 15.4. The molecule has 6 aromatic rings. The zero-order valence-corrected chi connectivity index (χ0v) is 22.4. The summed E-state index contributed by atoms with van der Waals surface area (Å²) in [7, 11) is -1.11. The van der Waals surface area contributed by atoms with Crippen molar-refractivity contribution in [2.45, 2.75) is 9.79 Å². The van der Waals surface area contributed by atoms with E-state index in [9.17, 15) is 0 Å². The highest BCUT2D eigenvalue weighted by Gasteiger charge is 2.32. The van der Waals surface area contributed by atoms with Crippen LogP contribution in [0, 0.1) is 0 Å². The minimum Gasteiger partial charge on any atom is -0.355 e. The lowest BCUT2D eigenvalue weighted by Crippen LogP contribution is -1.95. The summed E-state index contributed by atoms with van der Waals surface area (Å²) in [5.74, 6) is 0. The minimum absolute atomic E-state index is 1.10. The Hall–Kier alpha value is -4.27. The predicted octanol–water partition coefficient (Wildman–Crippen LogP) is 10.4. The molecule has 1 N–H and O–H groups in total. The van der Waals surface area contributed by atoms with Gasteiger partial charge in [0.1, 0.15) is 0 Å². The summed E-state index contributed by atoms with van der Waals surface area (Å²) >= 11 is 0. The van der Waals surface area contributed by atoms with Gasteiger partial charge < -0.3 is 5.32 Å². The summed E-state index contributed by atoms with van der Waals surface area (Å²) < 4.78 is 0. The molecule has 7 rings (SSSR count). The maximum absolute atomic E-state index is 3.66. The van der Waals surface area contributed by atoms with E-state index in [1.54, 1.807) is 0 Å². The molecule has 38 heavy (non-hydrogen) atoms. The van der Waals surface area contributed by atoms with Crippen LogP contribution in [-0.4, -0.2) is 12.5 Å². The first kappa shape index (κ1) is 22.9. The van der Waals surface area contributed by atoms with Crippen LogP contribution < -0.4 is 5.32 Å². The second-order valence-corrected chi connectivity index (χ2v) is 13.9. The molecule has 0 atom stereocenters. The molecule has 0 aliphatic carbocycles. The maximum Gasteiger partial charge on any atom is 0.0395 e. The molecule has 1 nitrogen and oxygen atoms in total. The molecule has 0 spiro atoms. The molecule has 0 saturated carbocycles. The van der Waals surface area contributed by atoms with Crippen LogP contribution in [0.25, 0.3) is 44.2 Å². The minimum atomic E-state index is -1.11. The van der Waals surface area contributed by atoms with Crippen LogP contribution in [0.4, 0.5) is 11.4 Å². The van der Waals surface area contributed by atoms with Crippen molar-refractivity contribution in [3.8, 4) is 33.4 Å². The smallest absolute Gasteiger partial charge is 0.0395 e. The van der Waals surface area contributed by atoms with Crippen molar-refractivity contribution in [2.75, 3.05) is 17.8 Å². The zero-order chi connectivity index (χ0) is 25.7. The van der Waals surface area contributed by atoms with E-state index in [2.05, 4.69) is 151 Å². The highest BCUT2D eigenvalue weighted by Crippen LogP contribution is 2.68. The largest absolute Gasteiger partial charge is 0.355 e. The van der Waals surface area contributed by atoms with Gasteiger partial charge in [-0.3, -0.25) is 0 Å². The van der Waals surface area contributed by atoms with Crippen LogP contribution in [0.1, 0.15) is 0 Å². The first-order valence-electron chi connectivity index (χ1n) is 13.0. The summed E-state index contributed by atoms with van der Waals surface area (Å²) in [6.45, 7) is 0. The molecular weight excluding hydrogens is 478 g/mol. The van der Waals surface area contributed by atoms with Gasteiger partial charge in [0.15, 0.2) is 0 Å². The van der Waals surface area contributed by atoms with Crippen molar-refractivity contribution in [1.82, 2.24) is 0 Å². The lowest BCUT2D eigenvalue weighted by atomic mass is 10.00. The highest BCUT2D eigenvalue weighted by molar-refractivity contribution is 8.33. The SMILES string of the molecule is CS1(C)c2cc(Nc3ccc(-c4ccc5ccccc5c4)cc3)ccc2-c2ccc(-c3ccccc3)cc21. The molecule has 0 amide bonds. The number of hydrogen-bond donors (Lipinski definition) is 1. The van der Waals surface area contributed by atoms with E-state index in [0.29, 0.717) is 0 Å². The molecule has 1 aliphatic heterocycles. The Balaban J connectivity index is 1.16. The number of fused-ring (bicyclic) bond motifs is 4. The van der Waals surface area contributed by atoms with Crippen LogP contribution in [0.2, 0.25) is 0 Å². The molecule has 6 aromatic carbocycles. The standard InChI is InChI=1S/C36H29NS/c1-38(2)35-23-30(25-8-4-3-5-9-25)16-20-33(35)34-21-19-32(24-36(34)38)37-31-17-14-27(15-18-31)29-13-12-26-10-6-7-11-28(26)22-29/h3-24,37H,1-2H3. The van der Waals surface area contributed by atoms with Gasteiger partial charge in [0.25, 0.3) is 0 Å². The lowest BCUT2D eigenvalue weighted by Gasteiger charge is -2.29. The fourth-order valence-corrected chi connectivity index (χ4v) is 8.16. The number of rotatable bonds is 4. The highest BCUT2D eigenvalue weighted by atomic mass is 32.3. The average molecular weight is 508 g/mol. The maximum atomic E-state index is 3.66. The summed E-state index contributed by atoms with van der Waals surface area (Å²) in [4.78, 5) is 2.93. The zero-order valence-electron chi connectivity index (χ0n) is 21.6. The van der Waals surface area contributed by atoms with Gasteiger partial charge >= 0.3 is 0 Å². The second-order valence-electron chi connectivity index (χ2n) is 10.4. The summed E-state index contributed by atoms with van der Waals surface area (Å²) in [6, 6.07) is 48.5. The fourth-order valence-electron chi connectivity index (χ4n) is 5.62. The summed E-state index contributed by atoms with van der Waals surface area (Å²) in [5.41, 5.74) is 10.0. The monoisotopic (exact) mass is 507 g/mol. The van der Waals surface area contributed by atoms with Crippen LogP contribution in [0.5, 0.6) is 0 Å². The van der Waals surface area contributed by atoms with Gasteiger partial charge in [0, 0.05) is 21.2 Å². The topological polar surface area (TPSA) is 12.0 Å². The van der Waals surface area contributed by atoms with E-state index in [1.807, 2.05) is 0 Å². The van der Waals surface area contributed by atoms with Gasteiger partial charge in [-0.15, -0.1) is 0 Å². The van der Waals surface area contributed by atoms with Crippen molar-refractivity contribution in [1.29, 1.82) is 0 Å². The average Bonchev–Trinajstić information content (AvgIpc) is 3.19. The van der Waals surface area contributed by atoms with E-state index in [1.165, 1.54) is 53.9 Å². The van der Waals surface area contributed by atoms with Gasteiger partial charge in [-0.05, 0) is 93.1 Å². The van der Waals surface area contributed by atoms with Crippen LogP contribution >= 0.6 is 10.0 Å². The van der Waals surface area contributed by atoms with Gasteiger partial charge in [0.05, 0.1) is 0 Å². The fraction of sp³-hybridized carbons (Fsp3) is 0.0556. The molecule has 0 aromatic heterocycles. The molecule has 1 heterocycles. The first-order chi connectivity index (χ1) is 18.6. The van der Waals surface area contributed by atoms with E-state index < -0.39 is 10.0 Å². The van der Waals surface area contributed by atoms with E-state index in [-0.39, 0.29) is 0 Å². The Kier molecular flexibility index (Phi) is 5.38. The van der Waals surface area contributed by atoms with Crippen LogP contribution in [0.3, 0.4) is 0 Å². The summed E-state index contributed by atoms with van der Waals surface area (Å²) in [5, 5.41) is 6.20. The lowest BCUT2D eigenvalue weighted by molar-refractivity contribution is 1.43. The third kappa shape index (κ3) is 3.89. The quantitative estimate of drug-likeness (QED) is 0.250.